The zero-order chi connectivity index (χ0) is 48.3. The number of aliphatic hydroxyl groups excluding tert-OH is 10. The second-order valence-corrected chi connectivity index (χ2v) is 16.5. The van der Waals surface area contributed by atoms with Crippen molar-refractivity contribution < 1.29 is 103 Å². The molecule has 0 aliphatic heterocycles. The van der Waals surface area contributed by atoms with Crippen molar-refractivity contribution in [3.05, 3.63) is 0 Å². The fourth-order valence-electron chi connectivity index (χ4n) is 5.72. The van der Waals surface area contributed by atoms with Gasteiger partial charge >= 0.3 is 5.97 Å². The SMILES string of the molecule is CCCCCCCCCCCCCC(=O)OCC(O)COCC(O)COCC(O)COCC(O)COCC(O)COCC(O)COCC(O)COCC(O)COCC(O)COCC(C)O. The highest BCUT2D eigenvalue weighted by molar-refractivity contribution is 5.69. The Morgan fingerprint density at radius 1 is 0.308 bits per heavy atom. The number of carbonyl (C=O) groups is 1. The van der Waals surface area contributed by atoms with Crippen molar-refractivity contribution in [3.63, 3.8) is 0 Å². The van der Waals surface area contributed by atoms with Gasteiger partial charge in [0, 0.05) is 6.42 Å². The Morgan fingerprint density at radius 3 is 0.738 bits per heavy atom. The molecule has 0 amide bonds. The summed E-state index contributed by atoms with van der Waals surface area (Å²) < 4.78 is 52.2. The van der Waals surface area contributed by atoms with Crippen LogP contribution in [-0.4, -0.2) is 244 Å². The molecule has 0 aliphatic rings. The summed E-state index contributed by atoms with van der Waals surface area (Å²) >= 11 is 0. The Kier molecular flexibility index (Phi) is 44.3. The third-order valence-corrected chi connectivity index (χ3v) is 9.05. The van der Waals surface area contributed by atoms with Gasteiger partial charge in [0.05, 0.1) is 125 Å². The lowest BCUT2D eigenvalue weighted by atomic mass is 10.1. The number of aliphatic hydroxyl groups is 10. The van der Waals surface area contributed by atoms with Gasteiger partial charge in [-0.2, -0.15) is 0 Å². The Hall–Kier alpha value is -1.29. The topological polar surface area (TPSA) is 312 Å². The second-order valence-electron chi connectivity index (χ2n) is 16.5. The molecular weight excluding hydrogens is 864 g/mol. The predicted octanol–water partition coefficient (Wildman–Crippen LogP) is -0.991. The first-order valence-electron chi connectivity index (χ1n) is 23.4. The van der Waals surface area contributed by atoms with Gasteiger partial charge in [0.2, 0.25) is 0 Å². The molecule has 0 radical (unpaired) electrons. The minimum atomic E-state index is -1.06. The lowest BCUT2D eigenvalue weighted by Gasteiger charge is -2.18. The average Bonchev–Trinajstić information content (AvgIpc) is 3.24. The molecule has 0 aromatic rings. The van der Waals surface area contributed by atoms with Crippen LogP contribution >= 0.6 is 0 Å². The molecular formula is C44H88O21. The highest BCUT2D eigenvalue weighted by Gasteiger charge is 2.16. The van der Waals surface area contributed by atoms with E-state index in [1.54, 1.807) is 6.92 Å². The van der Waals surface area contributed by atoms with Crippen molar-refractivity contribution in [2.45, 2.75) is 152 Å². The minimum absolute atomic E-state index is 0.0205. The summed E-state index contributed by atoms with van der Waals surface area (Å²) in [6.45, 7) is 1.24. The van der Waals surface area contributed by atoms with Crippen LogP contribution in [0.4, 0.5) is 0 Å². The zero-order valence-electron chi connectivity index (χ0n) is 39.2. The first-order valence-corrected chi connectivity index (χ1v) is 23.4. The van der Waals surface area contributed by atoms with Crippen molar-refractivity contribution in [2.75, 3.05) is 126 Å². The van der Waals surface area contributed by atoms with E-state index in [-0.39, 0.29) is 132 Å². The van der Waals surface area contributed by atoms with Gasteiger partial charge in [-0.15, -0.1) is 0 Å². The van der Waals surface area contributed by atoms with Crippen molar-refractivity contribution in [3.8, 4) is 0 Å². The zero-order valence-corrected chi connectivity index (χ0v) is 39.2. The first-order chi connectivity index (χ1) is 31.2. The van der Waals surface area contributed by atoms with Crippen LogP contribution in [0.3, 0.4) is 0 Å². The predicted molar refractivity (Wildman–Crippen MR) is 235 cm³/mol. The van der Waals surface area contributed by atoms with Gasteiger partial charge in [-0.25, -0.2) is 0 Å². The van der Waals surface area contributed by atoms with Crippen LogP contribution in [0.1, 0.15) is 90.9 Å². The number of rotatable bonds is 50. The molecule has 10 unspecified atom stereocenters. The van der Waals surface area contributed by atoms with Crippen LogP contribution in [0.25, 0.3) is 0 Å². The quantitative estimate of drug-likeness (QED) is 0.0259. The van der Waals surface area contributed by atoms with Crippen LogP contribution in [-0.2, 0) is 52.2 Å². The van der Waals surface area contributed by atoms with Gasteiger partial charge in [0.1, 0.15) is 61.5 Å². The maximum absolute atomic E-state index is 11.9. The fourth-order valence-corrected chi connectivity index (χ4v) is 5.72. The van der Waals surface area contributed by atoms with Crippen LogP contribution in [0, 0.1) is 0 Å². The maximum atomic E-state index is 11.9. The molecule has 390 valence electrons. The van der Waals surface area contributed by atoms with Gasteiger partial charge < -0.3 is 98.4 Å². The van der Waals surface area contributed by atoms with E-state index in [4.69, 9.17) is 52.5 Å². The molecule has 0 aliphatic carbocycles. The molecule has 10 N–H and O–H groups in total. The lowest BCUT2D eigenvalue weighted by molar-refractivity contribution is -0.148. The molecule has 10 atom stereocenters. The first kappa shape index (κ1) is 63.7. The van der Waals surface area contributed by atoms with Gasteiger partial charge in [-0.05, 0) is 13.3 Å². The number of hydrogen-bond acceptors (Lipinski definition) is 21. The fraction of sp³-hybridized carbons (Fsp3) is 0.977. The number of hydrogen-bond donors (Lipinski definition) is 10. The molecule has 0 aromatic heterocycles. The van der Waals surface area contributed by atoms with Crippen molar-refractivity contribution in [2.24, 2.45) is 0 Å². The monoisotopic (exact) mass is 953 g/mol. The van der Waals surface area contributed by atoms with Crippen molar-refractivity contribution >= 4 is 5.97 Å². The molecule has 0 saturated carbocycles. The van der Waals surface area contributed by atoms with Gasteiger partial charge in [-0.3, -0.25) is 4.79 Å². The third-order valence-electron chi connectivity index (χ3n) is 9.05. The Bertz CT molecular complexity index is 1020. The summed E-state index contributed by atoms with van der Waals surface area (Å²) in [7, 11) is 0. The van der Waals surface area contributed by atoms with Crippen LogP contribution in [0.15, 0.2) is 0 Å². The summed E-state index contributed by atoms with van der Waals surface area (Å²) in [4.78, 5) is 11.9. The largest absolute Gasteiger partial charge is 0.463 e. The molecule has 0 rings (SSSR count). The second kappa shape index (κ2) is 45.2. The number of carbonyl (C=O) groups excluding carboxylic acids is 1. The van der Waals surface area contributed by atoms with E-state index in [1.807, 2.05) is 0 Å². The minimum Gasteiger partial charge on any atom is -0.463 e. The molecule has 0 heterocycles. The molecule has 0 saturated heterocycles. The number of unbranched alkanes of at least 4 members (excludes halogenated alkanes) is 10. The van der Waals surface area contributed by atoms with Gasteiger partial charge in [0.15, 0.2) is 0 Å². The molecule has 65 heavy (non-hydrogen) atoms. The van der Waals surface area contributed by atoms with Crippen LogP contribution in [0.5, 0.6) is 0 Å². The summed E-state index contributed by atoms with van der Waals surface area (Å²) in [5.41, 5.74) is 0. The molecule has 0 spiro atoms. The summed E-state index contributed by atoms with van der Waals surface area (Å²) in [5, 5.41) is 99.0. The number of esters is 1. The highest BCUT2D eigenvalue weighted by Crippen LogP contribution is 2.12. The number of ether oxygens (including phenoxy) is 10. The van der Waals surface area contributed by atoms with E-state index in [0.29, 0.717) is 6.42 Å². The molecule has 21 heteroatoms. The molecule has 0 fully saturated rings. The maximum Gasteiger partial charge on any atom is 0.305 e. The third kappa shape index (κ3) is 46.2. The van der Waals surface area contributed by atoms with E-state index in [9.17, 15) is 50.8 Å². The Balaban J connectivity index is 3.72. The van der Waals surface area contributed by atoms with Gasteiger partial charge in [-0.1, -0.05) is 71.1 Å². The average molecular weight is 953 g/mol. The molecule has 0 aromatic carbocycles. The normalized spacial score (nSPS) is 16.7. The van der Waals surface area contributed by atoms with Crippen LogP contribution < -0.4 is 0 Å². The van der Waals surface area contributed by atoms with E-state index < -0.39 is 61.0 Å². The summed E-state index contributed by atoms with van der Waals surface area (Å²) in [6.07, 6.45) is 3.52. The summed E-state index contributed by atoms with van der Waals surface area (Å²) in [6, 6.07) is 0. The smallest absolute Gasteiger partial charge is 0.305 e. The van der Waals surface area contributed by atoms with Crippen molar-refractivity contribution in [1.29, 1.82) is 0 Å². The van der Waals surface area contributed by atoms with Gasteiger partial charge in [0.25, 0.3) is 0 Å². The Morgan fingerprint density at radius 2 is 0.508 bits per heavy atom. The van der Waals surface area contributed by atoms with Crippen molar-refractivity contribution in [1.82, 2.24) is 0 Å². The lowest BCUT2D eigenvalue weighted by Crippen LogP contribution is -2.32. The standard InChI is InChI=1S/C44H88O21/c1-3-4-5-6-7-8-9-10-11-12-13-14-44(55)65-33-43(54)32-64-31-42(53)30-63-29-41(52)28-62-27-40(51)26-61-25-39(50)24-60-23-38(49)22-59-21-37(48)20-58-19-36(47)18-57-17-35(46)16-56-15-34(2)45/h34-43,45-54H,3-33H2,1-2H3. The molecule has 21 nitrogen and oxygen atoms in total. The summed E-state index contributed by atoms with van der Waals surface area (Å²) in [5.74, 6) is -0.357. The molecule has 0 bridgehead atoms. The van der Waals surface area contributed by atoms with E-state index >= 15 is 0 Å². The Labute approximate surface area is 386 Å². The van der Waals surface area contributed by atoms with Crippen LogP contribution in [0.2, 0.25) is 0 Å². The van der Waals surface area contributed by atoms with E-state index in [1.165, 1.54) is 51.4 Å². The van der Waals surface area contributed by atoms with E-state index in [0.717, 1.165) is 19.3 Å². The van der Waals surface area contributed by atoms with E-state index in [2.05, 4.69) is 6.92 Å². The highest BCUT2D eigenvalue weighted by atomic mass is 16.6.